The van der Waals surface area contributed by atoms with Crippen LogP contribution in [0.25, 0.3) is 0 Å². The number of carbonyl (C=O) groups excluding carboxylic acids is 2. The second kappa shape index (κ2) is 4.32. The van der Waals surface area contributed by atoms with E-state index in [1.54, 1.807) is 0 Å². The molecule has 0 aromatic carbocycles. The molecule has 76 valence electrons. The van der Waals surface area contributed by atoms with Crippen LogP contribution >= 0.6 is 11.3 Å². The normalized spacial score (nSPS) is 9.93. The molecule has 5 heteroatoms. The molecule has 1 amide bonds. The van der Waals surface area contributed by atoms with E-state index in [2.05, 4.69) is 10.3 Å². The molecule has 1 rings (SSSR count). The Labute approximate surface area is 86.4 Å². The number of Topliss-reactive ketones (excluding diaryl/α,β-unsaturated/α-hetero) is 1. The first kappa shape index (κ1) is 10.8. The molecular formula is C9H12N2O2S. The van der Waals surface area contributed by atoms with Crippen LogP contribution in [0.3, 0.4) is 0 Å². The molecule has 0 aliphatic carbocycles. The zero-order chi connectivity index (χ0) is 10.7. The largest absolute Gasteiger partial charge is 0.302 e. The van der Waals surface area contributed by atoms with Crippen LogP contribution in [0.5, 0.6) is 0 Å². The fourth-order valence-electron chi connectivity index (χ4n) is 0.916. The Morgan fingerprint density at radius 2 is 2.07 bits per heavy atom. The molecule has 0 saturated carbocycles. The van der Waals surface area contributed by atoms with Crippen molar-refractivity contribution in [1.29, 1.82) is 0 Å². The third-order valence-corrected chi connectivity index (χ3v) is 2.67. The van der Waals surface area contributed by atoms with Crippen LogP contribution in [-0.2, 0) is 9.59 Å². The summed E-state index contributed by atoms with van der Waals surface area (Å²) in [6.07, 6.45) is -0.0856. The van der Waals surface area contributed by atoms with Crippen molar-refractivity contribution < 1.29 is 9.59 Å². The number of ketones is 1. The number of hydrogen-bond acceptors (Lipinski definition) is 4. The summed E-state index contributed by atoms with van der Waals surface area (Å²) < 4.78 is 0. The van der Waals surface area contributed by atoms with Crippen LogP contribution in [-0.4, -0.2) is 16.7 Å². The standard InChI is InChI=1S/C9H12N2O2S/c1-5(12)4-8(13)11-9-10-6(2)7(3)14-9/h4H2,1-3H3,(H,10,11,13). The minimum Gasteiger partial charge on any atom is -0.302 e. The van der Waals surface area contributed by atoms with E-state index in [1.165, 1.54) is 18.3 Å². The number of carbonyl (C=O) groups is 2. The van der Waals surface area contributed by atoms with Gasteiger partial charge in [-0.05, 0) is 20.8 Å². The molecule has 1 heterocycles. The van der Waals surface area contributed by atoms with Crippen molar-refractivity contribution in [3.63, 3.8) is 0 Å². The van der Waals surface area contributed by atoms with Gasteiger partial charge in [-0.15, -0.1) is 11.3 Å². The van der Waals surface area contributed by atoms with Gasteiger partial charge in [0.2, 0.25) is 5.91 Å². The predicted octanol–water partition coefficient (Wildman–Crippen LogP) is 1.68. The molecule has 0 aliphatic rings. The van der Waals surface area contributed by atoms with E-state index in [9.17, 15) is 9.59 Å². The summed E-state index contributed by atoms with van der Waals surface area (Å²) in [5.74, 6) is -0.446. The molecule has 1 N–H and O–H groups in total. The summed E-state index contributed by atoms with van der Waals surface area (Å²) >= 11 is 1.42. The van der Waals surface area contributed by atoms with E-state index in [0.717, 1.165) is 10.6 Å². The first-order valence-electron chi connectivity index (χ1n) is 4.22. The van der Waals surface area contributed by atoms with E-state index in [0.29, 0.717) is 5.13 Å². The number of nitrogens with one attached hydrogen (secondary N) is 1. The monoisotopic (exact) mass is 212 g/mol. The molecule has 0 spiro atoms. The molecule has 0 bridgehead atoms. The van der Waals surface area contributed by atoms with Crippen molar-refractivity contribution >= 4 is 28.2 Å². The molecular weight excluding hydrogens is 200 g/mol. The maximum atomic E-state index is 11.2. The molecule has 0 aliphatic heterocycles. The van der Waals surface area contributed by atoms with E-state index in [-0.39, 0.29) is 18.1 Å². The fourth-order valence-corrected chi connectivity index (χ4v) is 1.75. The number of aryl methyl sites for hydroxylation is 2. The Morgan fingerprint density at radius 3 is 2.50 bits per heavy atom. The summed E-state index contributed by atoms with van der Waals surface area (Å²) in [6.45, 7) is 5.21. The van der Waals surface area contributed by atoms with Gasteiger partial charge in [-0.25, -0.2) is 4.98 Å². The molecule has 1 aromatic heterocycles. The quantitative estimate of drug-likeness (QED) is 0.775. The van der Waals surface area contributed by atoms with Crippen LogP contribution in [0.2, 0.25) is 0 Å². The van der Waals surface area contributed by atoms with Crippen molar-refractivity contribution in [2.24, 2.45) is 0 Å². The minimum absolute atomic E-state index is 0.0856. The van der Waals surface area contributed by atoms with Crippen LogP contribution in [0.1, 0.15) is 23.9 Å². The van der Waals surface area contributed by atoms with Gasteiger partial charge in [-0.3, -0.25) is 9.59 Å². The van der Waals surface area contributed by atoms with Crippen LogP contribution < -0.4 is 5.32 Å². The van der Waals surface area contributed by atoms with Gasteiger partial charge in [0.25, 0.3) is 0 Å². The van der Waals surface area contributed by atoms with Gasteiger partial charge in [-0.2, -0.15) is 0 Å². The molecule has 0 radical (unpaired) electrons. The first-order valence-corrected chi connectivity index (χ1v) is 5.04. The average Bonchev–Trinajstić information content (AvgIpc) is 2.28. The topological polar surface area (TPSA) is 59.1 Å². The fraction of sp³-hybridized carbons (Fsp3) is 0.444. The van der Waals surface area contributed by atoms with Crippen molar-refractivity contribution in [3.05, 3.63) is 10.6 Å². The maximum absolute atomic E-state index is 11.2. The third-order valence-electron chi connectivity index (χ3n) is 1.68. The van der Waals surface area contributed by atoms with E-state index in [1.807, 2.05) is 13.8 Å². The van der Waals surface area contributed by atoms with E-state index >= 15 is 0 Å². The van der Waals surface area contributed by atoms with Crippen molar-refractivity contribution in [2.75, 3.05) is 5.32 Å². The number of hydrogen-bond donors (Lipinski definition) is 1. The zero-order valence-electron chi connectivity index (χ0n) is 8.38. The highest BCUT2D eigenvalue weighted by Crippen LogP contribution is 2.20. The van der Waals surface area contributed by atoms with Crippen molar-refractivity contribution in [2.45, 2.75) is 27.2 Å². The number of aromatic nitrogens is 1. The Kier molecular flexibility index (Phi) is 3.35. The van der Waals surface area contributed by atoms with Gasteiger partial charge in [0.1, 0.15) is 5.78 Å². The zero-order valence-corrected chi connectivity index (χ0v) is 9.20. The SMILES string of the molecule is CC(=O)CC(=O)Nc1nc(C)c(C)s1. The van der Waals surface area contributed by atoms with E-state index < -0.39 is 0 Å². The molecule has 4 nitrogen and oxygen atoms in total. The Bertz CT molecular complexity index is 351. The summed E-state index contributed by atoms with van der Waals surface area (Å²) in [4.78, 5) is 27.0. The van der Waals surface area contributed by atoms with Gasteiger partial charge >= 0.3 is 0 Å². The Balaban J connectivity index is 2.60. The highest BCUT2D eigenvalue weighted by atomic mass is 32.1. The molecule has 0 unspecified atom stereocenters. The van der Waals surface area contributed by atoms with Gasteiger partial charge in [0.15, 0.2) is 5.13 Å². The third kappa shape index (κ3) is 2.92. The van der Waals surface area contributed by atoms with Crippen LogP contribution in [0.4, 0.5) is 5.13 Å². The van der Waals surface area contributed by atoms with Crippen molar-refractivity contribution in [1.82, 2.24) is 4.98 Å². The second-order valence-corrected chi connectivity index (χ2v) is 4.29. The van der Waals surface area contributed by atoms with Gasteiger partial charge in [0.05, 0.1) is 12.1 Å². The van der Waals surface area contributed by atoms with Gasteiger partial charge in [0, 0.05) is 4.88 Å². The lowest BCUT2D eigenvalue weighted by molar-refractivity contribution is -0.124. The molecule has 0 saturated heterocycles. The average molecular weight is 212 g/mol. The number of amides is 1. The van der Waals surface area contributed by atoms with Gasteiger partial charge < -0.3 is 5.32 Å². The predicted molar refractivity (Wildman–Crippen MR) is 55.5 cm³/mol. The second-order valence-electron chi connectivity index (χ2n) is 3.09. The number of rotatable bonds is 3. The summed E-state index contributed by atoms with van der Waals surface area (Å²) in [6, 6.07) is 0. The number of thiazole rings is 1. The molecule has 14 heavy (non-hydrogen) atoms. The van der Waals surface area contributed by atoms with Crippen LogP contribution in [0.15, 0.2) is 0 Å². The lowest BCUT2D eigenvalue weighted by Gasteiger charge is -1.97. The Morgan fingerprint density at radius 1 is 1.43 bits per heavy atom. The van der Waals surface area contributed by atoms with Gasteiger partial charge in [-0.1, -0.05) is 0 Å². The minimum atomic E-state index is -0.300. The highest BCUT2D eigenvalue weighted by molar-refractivity contribution is 7.15. The number of nitrogens with zero attached hydrogens (tertiary/aromatic N) is 1. The first-order chi connectivity index (χ1) is 6.49. The van der Waals surface area contributed by atoms with Crippen molar-refractivity contribution in [3.8, 4) is 0 Å². The maximum Gasteiger partial charge on any atom is 0.233 e. The highest BCUT2D eigenvalue weighted by Gasteiger charge is 2.09. The summed E-state index contributed by atoms with van der Waals surface area (Å²) in [7, 11) is 0. The summed E-state index contributed by atoms with van der Waals surface area (Å²) in [5, 5.41) is 3.14. The molecule has 1 aromatic rings. The summed E-state index contributed by atoms with van der Waals surface area (Å²) in [5.41, 5.74) is 0.910. The molecule has 0 fully saturated rings. The molecule has 0 atom stereocenters. The Hall–Kier alpha value is -1.23. The lowest BCUT2D eigenvalue weighted by atomic mass is 10.3. The van der Waals surface area contributed by atoms with E-state index in [4.69, 9.17) is 0 Å². The number of anilines is 1. The smallest absolute Gasteiger partial charge is 0.233 e. The van der Waals surface area contributed by atoms with Crippen LogP contribution in [0, 0.1) is 13.8 Å². The lowest BCUT2D eigenvalue weighted by Crippen LogP contribution is -2.14.